The van der Waals surface area contributed by atoms with Gasteiger partial charge in [0.05, 0.1) is 19.4 Å². The molecule has 0 aliphatic carbocycles. The van der Waals surface area contributed by atoms with Crippen molar-refractivity contribution < 1.29 is 19.1 Å². The molecule has 1 N–H and O–H groups in total. The fraction of sp³-hybridized carbons (Fsp3) is 0. The van der Waals surface area contributed by atoms with Gasteiger partial charge in [-0.3, -0.25) is 9.59 Å². The maximum Gasteiger partial charge on any atom is 0.263 e. The first kappa shape index (κ1) is 30.7. The molecule has 0 aromatic heterocycles. The standard InChI is InChI=1S/C16H9Br2NO2S2.C13H8Br2O2/c17-10-5-6-12(21-13-4-2-1-3-11(13)18)9(7-10)8-14-15(20)19-16(22)23-14;14-10-5-6-12(9(7-10)8-16)17-13-4-2-1-3-11(13)15/h1-8H,(H,19,20,22);1-8H. The van der Waals surface area contributed by atoms with Gasteiger partial charge in [-0.15, -0.1) is 0 Å². The smallest absolute Gasteiger partial charge is 0.263 e. The van der Waals surface area contributed by atoms with Crippen LogP contribution in [0.15, 0.2) is 108 Å². The number of thiocarbonyl (C=S) groups is 1. The van der Waals surface area contributed by atoms with E-state index in [1.165, 1.54) is 11.8 Å². The average Bonchev–Trinajstić information content (AvgIpc) is 3.25. The molecule has 1 amide bonds. The highest BCUT2D eigenvalue weighted by Gasteiger charge is 2.22. The second-order valence-corrected chi connectivity index (χ2v) is 13.2. The molecule has 1 fully saturated rings. The van der Waals surface area contributed by atoms with Crippen LogP contribution >= 0.6 is 87.7 Å². The number of para-hydroxylation sites is 2. The van der Waals surface area contributed by atoms with E-state index in [-0.39, 0.29) is 5.91 Å². The fourth-order valence-electron chi connectivity index (χ4n) is 3.28. The van der Waals surface area contributed by atoms with Crippen molar-refractivity contribution in [1.29, 1.82) is 0 Å². The summed E-state index contributed by atoms with van der Waals surface area (Å²) in [5, 5.41) is 2.61. The highest BCUT2D eigenvalue weighted by atomic mass is 79.9. The van der Waals surface area contributed by atoms with Crippen molar-refractivity contribution in [3.8, 4) is 23.0 Å². The first-order valence-electron chi connectivity index (χ1n) is 11.4. The number of aldehydes is 1. The Morgan fingerprint density at radius 1 is 0.700 bits per heavy atom. The van der Waals surface area contributed by atoms with Gasteiger partial charge in [-0.2, -0.15) is 0 Å². The third-order valence-corrected chi connectivity index (χ3v) is 8.57. The second-order valence-electron chi connectivity index (χ2n) is 7.90. The van der Waals surface area contributed by atoms with Gasteiger partial charge in [0, 0.05) is 14.5 Å². The summed E-state index contributed by atoms with van der Waals surface area (Å²) in [6, 6.07) is 26.0. The number of halogens is 4. The number of carbonyl (C=O) groups is 2. The Morgan fingerprint density at radius 3 is 1.68 bits per heavy atom. The monoisotopic (exact) mass is 823 g/mol. The predicted octanol–water partition coefficient (Wildman–Crippen LogP) is 10.3. The molecule has 0 bridgehead atoms. The minimum absolute atomic E-state index is 0.188. The average molecular weight is 827 g/mol. The van der Waals surface area contributed by atoms with Gasteiger partial charge < -0.3 is 14.8 Å². The highest BCUT2D eigenvalue weighted by Crippen LogP contribution is 2.36. The molecule has 1 saturated heterocycles. The van der Waals surface area contributed by atoms with E-state index < -0.39 is 0 Å². The number of thioether (sulfide) groups is 1. The Bertz CT molecular complexity index is 1630. The molecular weight excluding hydrogens is 810 g/mol. The zero-order valence-electron chi connectivity index (χ0n) is 20.2. The molecular formula is C29H17Br4NO4S2. The molecule has 5 rings (SSSR count). The summed E-state index contributed by atoms with van der Waals surface area (Å²) >= 11 is 19.9. The van der Waals surface area contributed by atoms with Crippen LogP contribution in [-0.4, -0.2) is 16.5 Å². The number of carbonyl (C=O) groups excluding carboxylic acids is 2. The molecule has 1 aliphatic heterocycles. The summed E-state index contributed by atoms with van der Waals surface area (Å²) < 4.78 is 15.6. The quantitative estimate of drug-likeness (QED) is 0.119. The predicted molar refractivity (Wildman–Crippen MR) is 178 cm³/mol. The molecule has 0 unspecified atom stereocenters. The zero-order chi connectivity index (χ0) is 28.6. The second kappa shape index (κ2) is 14.6. The molecule has 11 heteroatoms. The van der Waals surface area contributed by atoms with E-state index in [1.54, 1.807) is 18.2 Å². The minimum Gasteiger partial charge on any atom is -0.456 e. The van der Waals surface area contributed by atoms with Crippen LogP contribution in [0, 0.1) is 0 Å². The maximum atomic E-state index is 11.8. The normalized spacial score (nSPS) is 13.3. The molecule has 1 heterocycles. The summed E-state index contributed by atoms with van der Waals surface area (Å²) in [5.41, 5.74) is 1.30. The van der Waals surface area contributed by atoms with Gasteiger partial charge in [-0.05, 0) is 98.6 Å². The molecule has 0 spiro atoms. The summed E-state index contributed by atoms with van der Waals surface area (Å²) in [6.07, 6.45) is 2.55. The van der Waals surface area contributed by atoms with E-state index in [1.807, 2.05) is 72.8 Å². The fourth-order valence-corrected chi connectivity index (χ4v) is 5.81. The van der Waals surface area contributed by atoms with E-state index in [2.05, 4.69) is 69.0 Å². The molecule has 202 valence electrons. The maximum absolute atomic E-state index is 11.8. The van der Waals surface area contributed by atoms with Gasteiger partial charge in [0.1, 0.15) is 27.3 Å². The first-order valence-corrected chi connectivity index (χ1v) is 15.8. The molecule has 0 atom stereocenters. The molecule has 5 nitrogen and oxygen atoms in total. The third kappa shape index (κ3) is 8.37. The van der Waals surface area contributed by atoms with Crippen LogP contribution in [-0.2, 0) is 4.79 Å². The van der Waals surface area contributed by atoms with Gasteiger partial charge in [0.2, 0.25) is 0 Å². The number of ether oxygens (including phenoxy) is 2. The van der Waals surface area contributed by atoms with Gasteiger partial charge in [0.25, 0.3) is 5.91 Å². The number of hydrogen-bond acceptors (Lipinski definition) is 6. The topological polar surface area (TPSA) is 64.6 Å². The summed E-state index contributed by atoms with van der Waals surface area (Å²) in [5.74, 6) is 2.38. The molecule has 1 aliphatic rings. The lowest BCUT2D eigenvalue weighted by atomic mass is 10.2. The number of benzene rings is 4. The van der Waals surface area contributed by atoms with E-state index in [4.69, 9.17) is 21.7 Å². The molecule has 0 radical (unpaired) electrons. The Hall–Kier alpha value is -2.28. The SMILES string of the molecule is O=C1NC(=S)SC1=Cc1cc(Br)ccc1Oc1ccccc1Br.O=Cc1cc(Br)ccc1Oc1ccccc1Br. The lowest BCUT2D eigenvalue weighted by Crippen LogP contribution is -2.17. The Labute approximate surface area is 274 Å². The molecule has 0 saturated carbocycles. The van der Waals surface area contributed by atoms with E-state index in [0.717, 1.165) is 29.7 Å². The molecule has 4 aromatic carbocycles. The number of amides is 1. The van der Waals surface area contributed by atoms with Gasteiger partial charge in [-0.1, -0.05) is 80.1 Å². The van der Waals surface area contributed by atoms with Crippen LogP contribution in [0.5, 0.6) is 23.0 Å². The largest absolute Gasteiger partial charge is 0.456 e. The van der Waals surface area contributed by atoms with Crippen LogP contribution in [0.25, 0.3) is 6.08 Å². The first-order chi connectivity index (χ1) is 19.2. The van der Waals surface area contributed by atoms with Gasteiger partial charge in [-0.25, -0.2) is 0 Å². The Kier molecular flexibility index (Phi) is 11.2. The van der Waals surface area contributed by atoms with Gasteiger partial charge >= 0.3 is 0 Å². The number of hydrogen-bond donors (Lipinski definition) is 1. The van der Waals surface area contributed by atoms with Crippen molar-refractivity contribution in [1.82, 2.24) is 5.32 Å². The zero-order valence-corrected chi connectivity index (χ0v) is 28.2. The third-order valence-electron chi connectivity index (χ3n) is 5.11. The van der Waals surface area contributed by atoms with E-state index in [9.17, 15) is 9.59 Å². The number of nitrogens with one attached hydrogen (secondary N) is 1. The minimum atomic E-state index is -0.188. The number of rotatable bonds is 6. The van der Waals surface area contributed by atoms with Crippen LogP contribution in [0.4, 0.5) is 0 Å². The summed E-state index contributed by atoms with van der Waals surface area (Å²) in [6.45, 7) is 0. The van der Waals surface area contributed by atoms with Crippen LogP contribution in [0.1, 0.15) is 15.9 Å². The molecule has 4 aromatic rings. The van der Waals surface area contributed by atoms with E-state index >= 15 is 0 Å². The van der Waals surface area contributed by atoms with Crippen molar-refractivity contribution in [3.05, 3.63) is 119 Å². The van der Waals surface area contributed by atoms with Crippen LogP contribution in [0.3, 0.4) is 0 Å². The van der Waals surface area contributed by atoms with Crippen molar-refractivity contribution in [2.24, 2.45) is 0 Å². The highest BCUT2D eigenvalue weighted by molar-refractivity contribution is 9.11. The van der Waals surface area contributed by atoms with Crippen LogP contribution in [0.2, 0.25) is 0 Å². The van der Waals surface area contributed by atoms with Crippen molar-refractivity contribution in [2.75, 3.05) is 0 Å². The lowest BCUT2D eigenvalue weighted by Gasteiger charge is -2.11. The summed E-state index contributed by atoms with van der Waals surface area (Å²) in [4.78, 5) is 23.3. The summed E-state index contributed by atoms with van der Waals surface area (Å²) in [7, 11) is 0. The Balaban J connectivity index is 0.000000194. The van der Waals surface area contributed by atoms with E-state index in [0.29, 0.717) is 37.8 Å². The van der Waals surface area contributed by atoms with Crippen molar-refractivity contribution in [3.63, 3.8) is 0 Å². The van der Waals surface area contributed by atoms with Crippen molar-refractivity contribution >= 4 is 110 Å². The lowest BCUT2D eigenvalue weighted by molar-refractivity contribution is -0.115. The van der Waals surface area contributed by atoms with Crippen molar-refractivity contribution in [2.45, 2.75) is 0 Å². The Morgan fingerprint density at radius 2 is 1.20 bits per heavy atom. The van der Waals surface area contributed by atoms with Gasteiger partial charge in [0.15, 0.2) is 6.29 Å². The van der Waals surface area contributed by atoms with Crippen LogP contribution < -0.4 is 14.8 Å². The molecule has 40 heavy (non-hydrogen) atoms.